The van der Waals surface area contributed by atoms with Crippen LogP contribution in [0.5, 0.6) is 0 Å². The Labute approximate surface area is 166 Å². The number of aromatic nitrogens is 1. The van der Waals surface area contributed by atoms with Crippen LogP contribution in [0, 0.1) is 11.3 Å². The number of sulfonamides is 1. The van der Waals surface area contributed by atoms with Crippen LogP contribution in [0.1, 0.15) is 15.9 Å². The predicted molar refractivity (Wildman–Crippen MR) is 108 cm³/mol. The SMILES string of the molecule is CN(C)S(=O)(=O)c1ccc(C(=O)Nc2nc(-c3ccc(C#N)cc3)cs2)cc1. The number of hydrogen-bond donors (Lipinski definition) is 1. The average Bonchev–Trinajstić information content (AvgIpc) is 3.16. The number of anilines is 1. The van der Waals surface area contributed by atoms with Gasteiger partial charge in [-0.15, -0.1) is 11.3 Å². The smallest absolute Gasteiger partial charge is 0.257 e. The monoisotopic (exact) mass is 412 g/mol. The quantitative estimate of drug-likeness (QED) is 0.693. The topological polar surface area (TPSA) is 103 Å². The van der Waals surface area contributed by atoms with Crippen molar-refractivity contribution in [2.24, 2.45) is 0 Å². The molecule has 1 heterocycles. The van der Waals surface area contributed by atoms with E-state index in [1.165, 1.54) is 49.7 Å². The molecule has 0 radical (unpaired) electrons. The van der Waals surface area contributed by atoms with E-state index in [2.05, 4.69) is 16.4 Å². The molecule has 0 atom stereocenters. The van der Waals surface area contributed by atoms with Crippen molar-refractivity contribution in [1.29, 1.82) is 5.26 Å². The lowest BCUT2D eigenvalue weighted by Crippen LogP contribution is -2.22. The molecule has 0 saturated carbocycles. The highest BCUT2D eigenvalue weighted by Crippen LogP contribution is 2.25. The summed E-state index contributed by atoms with van der Waals surface area (Å²) in [6.07, 6.45) is 0. The molecule has 28 heavy (non-hydrogen) atoms. The van der Waals surface area contributed by atoms with E-state index in [1.54, 1.807) is 24.3 Å². The van der Waals surface area contributed by atoms with Gasteiger partial charge < -0.3 is 0 Å². The standard InChI is InChI=1S/C19H16N4O3S2/c1-23(2)28(25,26)16-9-7-15(8-10-16)18(24)22-19-21-17(12-27-19)14-5-3-13(11-20)4-6-14/h3-10,12H,1-2H3,(H,21,22,24). The molecule has 7 nitrogen and oxygen atoms in total. The second-order valence-electron chi connectivity index (χ2n) is 5.99. The third-order valence-electron chi connectivity index (χ3n) is 3.93. The zero-order chi connectivity index (χ0) is 20.3. The molecule has 1 amide bonds. The lowest BCUT2D eigenvalue weighted by Gasteiger charge is -2.11. The van der Waals surface area contributed by atoms with Crippen LogP contribution in [-0.4, -0.2) is 37.7 Å². The van der Waals surface area contributed by atoms with E-state index in [9.17, 15) is 13.2 Å². The summed E-state index contributed by atoms with van der Waals surface area (Å²) >= 11 is 1.28. The van der Waals surface area contributed by atoms with Crippen LogP contribution in [0.25, 0.3) is 11.3 Å². The third-order valence-corrected chi connectivity index (χ3v) is 6.52. The fourth-order valence-electron chi connectivity index (χ4n) is 2.34. The van der Waals surface area contributed by atoms with Gasteiger partial charge in [-0.05, 0) is 36.4 Å². The number of nitrogens with zero attached hydrogens (tertiary/aromatic N) is 3. The van der Waals surface area contributed by atoms with Gasteiger partial charge in [-0.3, -0.25) is 10.1 Å². The van der Waals surface area contributed by atoms with E-state index in [0.29, 0.717) is 22.0 Å². The molecule has 0 aliphatic rings. The Bertz CT molecular complexity index is 1140. The van der Waals surface area contributed by atoms with Crippen molar-refractivity contribution >= 4 is 32.4 Å². The van der Waals surface area contributed by atoms with Gasteiger partial charge in [0.15, 0.2) is 5.13 Å². The van der Waals surface area contributed by atoms with Gasteiger partial charge in [-0.25, -0.2) is 17.7 Å². The largest absolute Gasteiger partial charge is 0.298 e. The molecule has 0 spiro atoms. The number of amides is 1. The minimum atomic E-state index is -3.54. The Balaban J connectivity index is 1.73. The molecule has 0 aliphatic heterocycles. The van der Waals surface area contributed by atoms with Crippen LogP contribution in [0.2, 0.25) is 0 Å². The van der Waals surface area contributed by atoms with E-state index in [0.717, 1.165) is 9.87 Å². The normalized spacial score (nSPS) is 11.2. The summed E-state index contributed by atoms with van der Waals surface area (Å²) in [6, 6.07) is 14.8. The highest BCUT2D eigenvalue weighted by atomic mass is 32.2. The summed E-state index contributed by atoms with van der Waals surface area (Å²) in [4.78, 5) is 16.9. The summed E-state index contributed by atoms with van der Waals surface area (Å²) in [5.74, 6) is -0.380. The maximum atomic E-state index is 12.4. The molecule has 0 unspecified atom stereocenters. The van der Waals surface area contributed by atoms with Crippen LogP contribution >= 0.6 is 11.3 Å². The number of carbonyl (C=O) groups is 1. The van der Waals surface area contributed by atoms with E-state index in [4.69, 9.17) is 5.26 Å². The summed E-state index contributed by atoms with van der Waals surface area (Å²) in [6.45, 7) is 0. The number of rotatable bonds is 5. The Kier molecular flexibility index (Phi) is 5.56. The number of hydrogen-bond acceptors (Lipinski definition) is 6. The Morgan fingerprint density at radius 2 is 1.75 bits per heavy atom. The van der Waals surface area contributed by atoms with Crippen LogP contribution < -0.4 is 5.32 Å². The summed E-state index contributed by atoms with van der Waals surface area (Å²) < 4.78 is 25.3. The first-order valence-electron chi connectivity index (χ1n) is 8.11. The van der Waals surface area contributed by atoms with Crippen LogP contribution in [-0.2, 0) is 10.0 Å². The Hall–Kier alpha value is -3.06. The average molecular weight is 412 g/mol. The van der Waals surface area contributed by atoms with Crippen molar-refractivity contribution in [3.63, 3.8) is 0 Å². The first-order valence-corrected chi connectivity index (χ1v) is 10.4. The third kappa shape index (κ3) is 4.09. The van der Waals surface area contributed by atoms with Gasteiger partial charge in [0.05, 0.1) is 22.2 Å². The molecule has 0 saturated heterocycles. The second-order valence-corrected chi connectivity index (χ2v) is 9.00. The predicted octanol–water partition coefficient (Wildman–Crippen LogP) is 3.18. The van der Waals surface area contributed by atoms with E-state index < -0.39 is 10.0 Å². The van der Waals surface area contributed by atoms with Crippen molar-refractivity contribution in [1.82, 2.24) is 9.29 Å². The Morgan fingerprint density at radius 3 is 2.32 bits per heavy atom. The molecule has 0 aliphatic carbocycles. The van der Waals surface area contributed by atoms with Gasteiger partial charge in [-0.2, -0.15) is 5.26 Å². The van der Waals surface area contributed by atoms with Crippen molar-refractivity contribution in [2.45, 2.75) is 4.90 Å². The van der Waals surface area contributed by atoms with Crippen LogP contribution in [0.3, 0.4) is 0 Å². The number of benzene rings is 2. The van der Waals surface area contributed by atoms with Gasteiger partial charge >= 0.3 is 0 Å². The zero-order valence-corrected chi connectivity index (χ0v) is 16.7. The molecule has 0 bridgehead atoms. The molecule has 3 rings (SSSR count). The van der Waals surface area contributed by atoms with E-state index in [-0.39, 0.29) is 10.8 Å². The number of nitriles is 1. The second kappa shape index (κ2) is 7.90. The molecular weight excluding hydrogens is 396 g/mol. The molecule has 0 fully saturated rings. The highest BCUT2D eigenvalue weighted by Gasteiger charge is 2.18. The van der Waals surface area contributed by atoms with Crippen molar-refractivity contribution in [3.8, 4) is 17.3 Å². The minimum absolute atomic E-state index is 0.117. The first-order chi connectivity index (χ1) is 13.3. The highest BCUT2D eigenvalue weighted by molar-refractivity contribution is 7.89. The van der Waals surface area contributed by atoms with Crippen molar-refractivity contribution in [3.05, 3.63) is 65.0 Å². The van der Waals surface area contributed by atoms with Crippen LogP contribution in [0.4, 0.5) is 5.13 Å². The maximum Gasteiger partial charge on any atom is 0.257 e. The van der Waals surface area contributed by atoms with Crippen molar-refractivity contribution < 1.29 is 13.2 Å². The molecule has 3 aromatic rings. The van der Waals surface area contributed by atoms with Gasteiger partial charge in [0, 0.05) is 30.6 Å². The molecule has 1 N–H and O–H groups in total. The summed E-state index contributed by atoms with van der Waals surface area (Å²) in [5.41, 5.74) is 2.42. The number of carbonyl (C=O) groups excluding carboxylic acids is 1. The first kappa shape index (κ1) is 19.7. The minimum Gasteiger partial charge on any atom is -0.298 e. The molecule has 142 valence electrons. The molecule has 2 aromatic carbocycles. The molecular formula is C19H16N4O3S2. The molecule has 1 aromatic heterocycles. The van der Waals surface area contributed by atoms with Crippen LogP contribution in [0.15, 0.2) is 58.8 Å². The number of nitrogens with one attached hydrogen (secondary N) is 1. The zero-order valence-electron chi connectivity index (χ0n) is 15.1. The van der Waals surface area contributed by atoms with Gasteiger partial charge in [0.1, 0.15) is 0 Å². The van der Waals surface area contributed by atoms with Gasteiger partial charge in [0.25, 0.3) is 5.91 Å². The fourth-order valence-corrected chi connectivity index (χ4v) is 3.95. The lowest BCUT2D eigenvalue weighted by molar-refractivity contribution is 0.102. The number of thiazole rings is 1. The van der Waals surface area contributed by atoms with Crippen molar-refractivity contribution in [2.75, 3.05) is 19.4 Å². The summed E-state index contributed by atoms with van der Waals surface area (Å²) in [7, 11) is -0.643. The maximum absolute atomic E-state index is 12.4. The summed E-state index contributed by atoms with van der Waals surface area (Å²) in [5, 5.41) is 13.8. The lowest BCUT2D eigenvalue weighted by atomic mass is 10.1. The molecule has 9 heteroatoms. The van der Waals surface area contributed by atoms with Gasteiger partial charge in [0.2, 0.25) is 10.0 Å². The fraction of sp³-hybridized carbons (Fsp3) is 0.105. The van der Waals surface area contributed by atoms with E-state index in [1.807, 2.05) is 5.38 Å². The Morgan fingerprint density at radius 1 is 1.11 bits per heavy atom. The van der Waals surface area contributed by atoms with Gasteiger partial charge in [-0.1, -0.05) is 12.1 Å². The van der Waals surface area contributed by atoms with E-state index >= 15 is 0 Å².